The average Bonchev–Trinajstić information content (AvgIpc) is 3.28. The van der Waals surface area contributed by atoms with Crippen molar-refractivity contribution in [3.63, 3.8) is 0 Å². The smallest absolute Gasteiger partial charge is 0.243 e. The molecule has 1 amide bonds. The molecule has 0 aromatic heterocycles. The zero-order chi connectivity index (χ0) is 24.0. The maximum absolute atomic E-state index is 13.7. The van der Waals surface area contributed by atoms with E-state index in [9.17, 15) is 13.2 Å². The standard InChI is InChI=1S/C24H31ClN2O4SSi/c1-18-5-8-20(9-6-18)32(29,30)26-12-11-24(16-26)21-15-19(25)7-10-22(21)27(23(24)28)17-31-13-14-33(2,3)4/h5-10,15H,11-14,16-17H2,1-4H3. The molecule has 2 aromatic rings. The largest absolute Gasteiger partial charge is 0.361 e. The summed E-state index contributed by atoms with van der Waals surface area (Å²) in [4.78, 5) is 15.6. The molecule has 1 unspecified atom stereocenters. The van der Waals surface area contributed by atoms with Gasteiger partial charge in [-0.25, -0.2) is 8.42 Å². The molecule has 0 radical (unpaired) electrons. The van der Waals surface area contributed by atoms with Crippen molar-refractivity contribution in [2.75, 3.05) is 31.3 Å². The van der Waals surface area contributed by atoms with Gasteiger partial charge >= 0.3 is 0 Å². The van der Waals surface area contributed by atoms with Crippen molar-refractivity contribution in [3.8, 4) is 0 Å². The van der Waals surface area contributed by atoms with E-state index in [4.69, 9.17) is 16.3 Å². The van der Waals surface area contributed by atoms with Gasteiger partial charge in [-0.15, -0.1) is 0 Å². The van der Waals surface area contributed by atoms with Crippen LogP contribution in [-0.4, -0.2) is 53.1 Å². The molecular formula is C24H31ClN2O4SSi. The summed E-state index contributed by atoms with van der Waals surface area (Å²) < 4.78 is 34.0. The molecule has 0 saturated carbocycles. The molecule has 2 aromatic carbocycles. The lowest BCUT2D eigenvalue weighted by Gasteiger charge is -2.25. The minimum Gasteiger partial charge on any atom is -0.361 e. The number of ether oxygens (including phenoxy) is 1. The van der Waals surface area contributed by atoms with Gasteiger partial charge in [-0.05, 0) is 55.3 Å². The Kier molecular flexibility index (Phi) is 6.52. The number of hydrogen-bond donors (Lipinski definition) is 0. The molecule has 2 aliphatic rings. The molecule has 1 atom stereocenters. The van der Waals surface area contributed by atoms with Gasteiger partial charge in [0.25, 0.3) is 0 Å². The molecule has 0 bridgehead atoms. The topological polar surface area (TPSA) is 66.9 Å². The number of nitrogens with zero attached hydrogens (tertiary/aromatic N) is 2. The minimum absolute atomic E-state index is 0.0980. The normalized spacial score (nSPS) is 21.2. The third-order valence-corrected chi connectivity index (χ3v) is 10.3. The number of amides is 1. The summed E-state index contributed by atoms with van der Waals surface area (Å²) in [5, 5.41) is 0.530. The molecule has 0 aliphatic carbocycles. The average molecular weight is 507 g/mol. The Morgan fingerprint density at radius 1 is 1.12 bits per heavy atom. The van der Waals surface area contributed by atoms with E-state index in [1.807, 2.05) is 13.0 Å². The highest BCUT2D eigenvalue weighted by atomic mass is 35.5. The first-order chi connectivity index (χ1) is 15.4. The number of carbonyl (C=O) groups is 1. The lowest BCUT2D eigenvalue weighted by atomic mass is 9.81. The van der Waals surface area contributed by atoms with Gasteiger partial charge in [-0.1, -0.05) is 48.9 Å². The third kappa shape index (κ3) is 4.64. The summed E-state index contributed by atoms with van der Waals surface area (Å²) in [6, 6.07) is 13.2. The van der Waals surface area contributed by atoms with Crippen LogP contribution in [0.1, 0.15) is 17.5 Å². The second-order valence-corrected chi connectivity index (χ2v) is 18.2. The summed E-state index contributed by atoms with van der Waals surface area (Å²) in [6.45, 7) is 9.90. The molecule has 2 heterocycles. The van der Waals surface area contributed by atoms with Crippen molar-refractivity contribution in [1.29, 1.82) is 0 Å². The predicted octanol–water partition coefficient (Wildman–Crippen LogP) is 4.64. The lowest BCUT2D eigenvalue weighted by Crippen LogP contribution is -2.44. The third-order valence-electron chi connectivity index (χ3n) is 6.53. The van der Waals surface area contributed by atoms with Crippen LogP contribution in [0.2, 0.25) is 30.7 Å². The molecule has 1 saturated heterocycles. The van der Waals surface area contributed by atoms with E-state index in [0.717, 1.165) is 22.9 Å². The molecule has 6 nitrogen and oxygen atoms in total. The predicted molar refractivity (Wildman–Crippen MR) is 134 cm³/mol. The second-order valence-electron chi connectivity index (χ2n) is 10.2. The van der Waals surface area contributed by atoms with Gasteiger partial charge in [0, 0.05) is 32.8 Å². The van der Waals surface area contributed by atoms with E-state index in [2.05, 4.69) is 19.6 Å². The van der Waals surface area contributed by atoms with E-state index in [0.29, 0.717) is 18.1 Å². The van der Waals surface area contributed by atoms with E-state index in [1.165, 1.54) is 4.31 Å². The summed E-state index contributed by atoms with van der Waals surface area (Å²) in [6.07, 6.45) is 0.412. The van der Waals surface area contributed by atoms with Crippen LogP contribution in [0.5, 0.6) is 0 Å². The summed E-state index contributed by atoms with van der Waals surface area (Å²) in [5.41, 5.74) is 1.59. The van der Waals surface area contributed by atoms with Crippen LogP contribution in [0, 0.1) is 6.92 Å². The van der Waals surface area contributed by atoms with Crippen molar-refractivity contribution in [2.45, 2.75) is 49.3 Å². The Balaban J connectivity index is 1.60. The van der Waals surface area contributed by atoms with Gasteiger partial charge in [-0.3, -0.25) is 9.69 Å². The van der Waals surface area contributed by atoms with Gasteiger partial charge in [-0.2, -0.15) is 4.31 Å². The first kappa shape index (κ1) is 24.4. The van der Waals surface area contributed by atoms with E-state index < -0.39 is 23.5 Å². The monoisotopic (exact) mass is 506 g/mol. The van der Waals surface area contributed by atoms with Crippen molar-refractivity contribution >= 4 is 41.3 Å². The fourth-order valence-corrected chi connectivity index (χ4v) is 6.93. The summed E-state index contributed by atoms with van der Waals surface area (Å²) in [5.74, 6) is -0.116. The van der Waals surface area contributed by atoms with Crippen LogP contribution in [0.3, 0.4) is 0 Å². The van der Waals surface area contributed by atoms with Crippen molar-refractivity contribution in [1.82, 2.24) is 4.31 Å². The first-order valence-corrected chi connectivity index (χ1v) is 16.7. The van der Waals surface area contributed by atoms with E-state index >= 15 is 0 Å². The minimum atomic E-state index is -3.71. The Morgan fingerprint density at radius 3 is 2.48 bits per heavy atom. The van der Waals surface area contributed by atoms with Gasteiger partial charge in [0.1, 0.15) is 6.73 Å². The molecule has 33 heavy (non-hydrogen) atoms. The maximum Gasteiger partial charge on any atom is 0.243 e. The van der Waals surface area contributed by atoms with Crippen LogP contribution >= 0.6 is 11.6 Å². The number of benzene rings is 2. The van der Waals surface area contributed by atoms with Crippen LogP contribution in [0.15, 0.2) is 47.4 Å². The molecule has 178 valence electrons. The SMILES string of the molecule is Cc1ccc(S(=O)(=O)N2CCC3(C2)C(=O)N(COCC[Si](C)(C)C)c2ccc(Cl)cc23)cc1. The summed E-state index contributed by atoms with van der Waals surface area (Å²) in [7, 11) is -4.95. The molecule has 4 rings (SSSR count). The zero-order valence-electron chi connectivity index (χ0n) is 19.6. The number of aryl methyl sites for hydroxylation is 1. The number of carbonyl (C=O) groups excluding carboxylic acids is 1. The highest BCUT2D eigenvalue weighted by Gasteiger charge is 2.56. The Bertz CT molecular complexity index is 1160. The van der Waals surface area contributed by atoms with Crippen molar-refractivity contribution < 1.29 is 17.9 Å². The Hall–Kier alpha value is -1.71. The van der Waals surface area contributed by atoms with E-state index in [1.54, 1.807) is 41.3 Å². The fraction of sp³-hybridized carbons (Fsp3) is 0.458. The summed E-state index contributed by atoms with van der Waals surface area (Å²) >= 11 is 6.31. The van der Waals surface area contributed by atoms with Crippen molar-refractivity contribution in [2.24, 2.45) is 0 Å². The number of fused-ring (bicyclic) bond motifs is 2. The molecule has 1 fully saturated rings. The van der Waals surface area contributed by atoms with Gasteiger partial charge in [0.15, 0.2) is 0 Å². The van der Waals surface area contributed by atoms with Gasteiger partial charge in [0.05, 0.1) is 16.0 Å². The molecule has 0 N–H and O–H groups in total. The van der Waals surface area contributed by atoms with Crippen LogP contribution in [0.4, 0.5) is 5.69 Å². The Labute approximate surface area is 202 Å². The molecule has 9 heteroatoms. The molecule has 2 aliphatic heterocycles. The van der Waals surface area contributed by atoms with E-state index in [-0.39, 0.29) is 30.6 Å². The number of sulfonamides is 1. The van der Waals surface area contributed by atoms with Gasteiger partial charge < -0.3 is 4.74 Å². The van der Waals surface area contributed by atoms with Crippen LogP contribution in [-0.2, 0) is 25.0 Å². The maximum atomic E-state index is 13.7. The highest BCUT2D eigenvalue weighted by Crippen LogP contribution is 2.49. The van der Waals surface area contributed by atoms with Gasteiger partial charge in [0.2, 0.25) is 15.9 Å². The highest BCUT2D eigenvalue weighted by molar-refractivity contribution is 7.89. The second kappa shape index (κ2) is 8.81. The van der Waals surface area contributed by atoms with Crippen LogP contribution < -0.4 is 4.90 Å². The van der Waals surface area contributed by atoms with Crippen LogP contribution in [0.25, 0.3) is 0 Å². The lowest BCUT2D eigenvalue weighted by molar-refractivity contribution is -0.123. The fourth-order valence-electron chi connectivity index (χ4n) is 4.51. The first-order valence-electron chi connectivity index (χ1n) is 11.2. The Morgan fingerprint density at radius 2 is 1.82 bits per heavy atom. The number of halogens is 1. The number of anilines is 1. The zero-order valence-corrected chi connectivity index (χ0v) is 22.2. The number of hydrogen-bond acceptors (Lipinski definition) is 4. The molecular weight excluding hydrogens is 476 g/mol. The van der Waals surface area contributed by atoms with Crippen molar-refractivity contribution in [3.05, 3.63) is 58.6 Å². The molecule has 1 spiro atoms. The number of rotatable bonds is 7. The quantitative estimate of drug-likeness (QED) is 0.405.